The number of nitrogens with one attached hydrogen (secondary N) is 1. The number of carbonyl (C=O) groups is 1. The van der Waals surface area contributed by atoms with Gasteiger partial charge in [0.05, 0.1) is 0 Å². The molecule has 0 radical (unpaired) electrons. The van der Waals surface area contributed by atoms with Gasteiger partial charge in [0, 0.05) is 57.1 Å². The van der Waals surface area contributed by atoms with E-state index < -0.39 is 0 Å². The lowest BCUT2D eigenvalue weighted by Crippen LogP contribution is -2.38. The van der Waals surface area contributed by atoms with Crippen LogP contribution < -0.4 is 10.8 Å². The van der Waals surface area contributed by atoms with Crippen LogP contribution in [0.3, 0.4) is 0 Å². The van der Waals surface area contributed by atoms with Gasteiger partial charge in [0.1, 0.15) is 13.7 Å². The molecule has 1 saturated heterocycles. The molecule has 2 rings (SSSR count). The number of anilines is 1. The van der Waals surface area contributed by atoms with Crippen molar-refractivity contribution in [1.29, 1.82) is 0 Å². The maximum Gasteiger partial charge on any atom is 0.222 e. The van der Waals surface area contributed by atoms with E-state index in [2.05, 4.69) is 30.6 Å². The fraction of sp³-hybridized carbons (Fsp3) is 0.571. The van der Waals surface area contributed by atoms with Crippen molar-refractivity contribution in [2.45, 2.75) is 39.7 Å². The second-order valence-corrected chi connectivity index (χ2v) is 8.38. The lowest BCUT2D eigenvalue weighted by molar-refractivity contribution is -0.128. The van der Waals surface area contributed by atoms with Crippen molar-refractivity contribution in [2.75, 3.05) is 32.5 Å². The second kappa shape index (κ2) is 9.40. The SMILES string of the molecule is Bc1ccc(NC(=C)CCC(=O)N(C)C)c(CN2C[C@H](C)C[C@H](C)C2)c1F. The van der Waals surface area contributed by atoms with Crippen molar-refractivity contribution in [1.82, 2.24) is 9.80 Å². The van der Waals surface area contributed by atoms with Crippen LogP contribution in [0.5, 0.6) is 0 Å². The number of amides is 1. The predicted octanol–water partition coefficient (Wildman–Crippen LogP) is 2.36. The van der Waals surface area contributed by atoms with Gasteiger partial charge in [-0.15, -0.1) is 0 Å². The number of allylic oxidation sites excluding steroid dienone is 1. The molecular weight excluding hydrogens is 340 g/mol. The smallest absolute Gasteiger partial charge is 0.222 e. The lowest BCUT2D eigenvalue weighted by atomic mass is 9.90. The summed E-state index contributed by atoms with van der Waals surface area (Å²) >= 11 is 0. The molecule has 6 heteroatoms. The molecule has 1 aromatic carbocycles. The minimum Gasteiger partial charge on any atom is -0.359 e. The Morgan fingerprint density at radius 2 is 1.93 bits per heavy atom. The summed E-state index contributed by atoms with van der Waals surface area (Å²) in [5, 5.41) is 3.25. The van der Waals surface area contributed by atoms with Gasteiger partial charge in [-0.05, 0) is 30.7 Å². The number of benzene rings is 1. The van der Waals surface area contributed by atoms with Crippen molar-refractivity contribution in [3.8, 4) is 0 Å². The van der Waals surface area contributed by atoms with E-state index in [0.29, 0.717) is 42.2 Å². The van der Waals surface area contributed by atoms with Crippen LogP contribution in [0, 0.1) is 17.7 Å². The van der Waals surface area contributed by atoms with Crippen molar-refractivity contribution in [3.05, 3.63) is 35.8 Å². The Labute approximate surface area is 164 Å². The van der Waals surface area contributed by atoms with Gasteiger partial charge in [0.15, 0.2) is 0 Å². The van der Waals surface area contributed by atoms with Crippen molar-refractivity contribution < 1.29 is 9.18 Å². The normalized spacial score (nSPS) is 20.3. The van der Waals surface area contributed by atoms with Gasteiger partial charge in [0.2, 0.25) is 5.91 Å². The number of halogens is 1. The van der Waals surface area contributed by atoms with Crippen LogP contribution in [0.1, 0.15) is 38.7 Å². The molecule has 1 aliphatic rings. The van der Waals surface area contributed by atoms with E-state index in [0.717, 1.165) is 24.5 Å². The molecule has 1 aromatic rings. The van der Waals surface area contributed by atoms with Gasteiger partial charge in [-0.3, -0.25) is 9.69 Å². The van der Waals surface area contributed by atoms with Crippen LogP contribution in [0.4, 0.5) is 10.1 Å². The van der Waals surface area contributed by atoms with Crippen LogP contribution in [-0.2, 0) is 11.3 Å². The predicted molar refractivity (Wildman–Crippen MR) is 113 cm³/mol. The van der Waals surface area contributed by atoms with Gasteiger partial charge < -0.3 is 10.2 Å². The summed E-state index contributed by atoms with van der Waals surface area (Å²) in [4.78, 5) is 15.7. The molecule has 0 unspecified atom stereocenters. The van der Waals surface area contributed by atoms with Crippen LogP contribution in [0.2, 0.25) is 0 Å². The number of carbonyl (C=O) groups excluding carboxylic acids is 1. The van der Waals surface area contributed by atoms with E-state index in [1.54, 1.807) is 32.9 Å². The van der Waals surface area contributed by atoms with E-state index in [1.807, 2.05) is 6.07 Å². The molecular formula is C21H33BFN3O. The highest BCUT2D eigenvalue weighted by Gasteiger charge is 2.24. The first kappa shape index (κ1) is 21.5. The molecule has 0 aliphatic carbocycles. The monoisotopic (exact) mass is 373 g/mol. The summed E-state index contributed by atoms with van der Waals surface area (Å²) in [6.45, 7) is 11.1. The second-order valence-electron chi connectivity index (χ2n) is 8.38. The zero-order valence-corrected chi connectivity index (χ0v) is 17.4. The molecule has 2 atom stereocenters. The molecule has 148 valence electrons. The standard InChI is InChI=1S/C21H33BFN3O/c1-14-10-15(2)12-26(11-14)13-17-19(8-7-18(22)21(17)23)24-16(3)6-9-20(27)25(4)5/h7-8,14-15,24H,3,6,9-13,22H2,1-2,4-5H3/t14-,15+. The summed E-state index contributed by atoms with van der Waals surface area (Å²) in [5.41, 5.74) is 2.83. The minimum absolute atomic E-state index is 0.0598. The quantitative estimate of drug-likeness (QED) is 0.746. The highest BCUT2D eigenvalue weighted by Crippen LogP contribution is 2.26. The maximum atomic E-state index is 14.9. The average molecular weight is 373 g/mol. The Hall–Kier alpha value is -1.82. The first-order valence-electron chi connectivity index (χ1n) is 9.82. The molecule has 27 heavy (non-hydrogen) atoms. The average Bonchev–Trinajstić information content (AvgIpc) is 2.58. The first-order valence-corrected chi connectivity index (χ1v) is 9.82. The fourth-order valence-corrected chi connectivity index (χ4v) is 3.89. The minimum atomic E-state index is -0.150. The van der Waals surface area contributed by atoms with Crippen molar-refractivity contribution >= 4 is 24.9 Å². The summed E-state index contributed by atoms with van der Waals surface area (Å²) < 4.78 is 14.9. The number of likely N-dealkylation sites (tertiary alicyclic amines) is 1. The van der Waals surface area contributed by atoms with Gasteiger partial charge in [0.25, 0.3) is 0 Å². The number of rotatable bonds is 7. The van der Waals surface area contributed by atoms with Crippen LogP contribution in [-0.4, -0.2) is 50.7 Å². The summed E-state index contributed by atoms with van der Waals surface area (Å²) in [7, 11) is 5.29. The van der Waals surface area contributed by atoms with E-state index in [1.165, 1.54) is 6.42 Å². The third-order valence-electron chi connectivity index (χ3n) is 5.21. The van der Waals surface area contributed by atoms with E-state index in [4.69, 9.17) is 0 Å². The zero-order chi connectivity index (χ0) is 20.1. The molecule has 0 spiro atoms. The topological polar surface area (TPSA) is 35.6 Å². The molecule has 0 bridgehead atoms. The molecule has 1 amide bonds. The third kappa shape index (κ3) is 6.10. The largest absolute Gasteiger partial charge is 0.359 e. The number of piperidine rings is 1. The summed E-state index contributed by atoms with van der Waals surface area (Å²) in [5.74, 6) is 1.17. The Bertz CT molecular complexity index is 682. The third-order valence-corrected chi connectivity index (χ3v) is 5.21. The zero-order valence-electron chi connectivity index (χ0n) is 17.4. The van der Waals surface area contributed by atoms with E-state index in [-0.39, 0.29) is 11.7 Å². The molecule has 1 N–H and O–H groups in total. The van der Waals surface area contributed by atoms with Gasteiger partial charge in [-0.2, -0.15) is 0 Å². The highest BCUT2D eigenvalue weighted by atomic mass is 19.1. The fourth-order valence-electron chi connectivity index (χ4n) is 3.89. The molecule has 0 saturated carbocycles. The van der Waals surface area contributed by atoms with Crippen LogP contribution in [0.25, 0.3) is 0 Å². The van der Waals surface area contributed by atoms with Crippen molar-refractivity contribution in [3.63, 3.8) is 0 Å². The van der Waals surface area contributed by atoms with Gasteiger partial charge in [-0.25, -0.2) is 4.39 Å². The molecule has 0 aromatic heterocycles. The molecule has 1 heterocycles. The van der Waals surface area contributed by atoms with Crippen molar-refractivity contribution in [2.24, 2.45) is 11.8 Å². The van der Waals surface area contributed by atoms with E-state index >= 15 is 0 Å². The van der Waals surface area contributed by atoms with Gasteiger partial charge in [-0.1, -0.05) is 32.0 Å². The number of hydrogen-bond acceptors (Lipinski definition) is 3. The number of nitrogens with zero attached hydrogens (tertiary/aromatic N) is 2. The maximum absolute atomic E-state index is 14.9. The summed E-state index contributed by atoms with van der Waals surface area (Å²) in [6.07, 6.45) is 2.15. The molecule has 1 fully saturated rings. The summed E-state index contributed by atoms with van der Waals surface area (Å²) in [6, 6.07) is 3.71. The first-order chi connectivity index (χ1) is 12.7. The van der Waals surface area contributed by atoms with Gasteiger partial charge >= 0.3 is 0 Å². The Morgan fingerprint density at radius 3 is 2.52 bits per heavy atom. The molecule has 4 nitrogen and oxygen atoms in total. The van der Waals surface area contributed by atoms with Crippen LogP contribution in [0.15, 0.2) is 24.4 Å². The number of hydrogen-bond donors (Lipinski definition) is 1. The Balaban J connectivity index is 2.11. The highest BCUT2D eigenvalue weighted by molar-refractivity contribution is 6.32. The lowest BCUT2D eigenvalue weighted by Gasteiger charge is -2.35. The Morgan fingerprint density at radius 1 is 1.30 bits per heavy atom. The molecule has 1 aliphatic heterocycles. The Kier molecular flexibility index (Phi) is 7.48. The van der Waals surface area contributed by atoms with E-state index in [9.17, 15) is 9.18 Å². The van der Waals surface area contributed by atoms with Crippen LogP contribution >= 0.6 is 0 Å².